The number of alkyl carbamates (subject to hydrolysis) is 1. The third-order valence-corrected chi connectivity index (χ3v) is 10.6. The SMILES string of the molecule is CCOC(=O)C1C(S(=O)(=O)c2ccc(C)cc2)C(c2ccc(O)cc2)N2CCC(Cc3ccccc3)(NC(=O)OC(C)(C)C)C(=O)N12. The zero-order valence-electron chi connectivity index (χ0n) is 27.2. The first-order valence-corrected chi connectivity index (χ1v) is 17.1. The Hall–Kier alpha value is -4.42. The number of aromatic hydroxyl groups is 1. The van der Waals surface area contributed by atoms with Crippen molar-refractivity contribution in [1.29, 1.82) is 0 Å². The van der Waals surface area contributed by atoms with Gasteiger partial charge in [0.25, 0.3) is 5.91 Å². The number of fused-ring (bicyclic) bond motifs is 1. The van der Waals surface area contributed by atoms with Gasteiger partial charge in [0.05, 0.1) is 17.5 Å². The van der Waals surface area contributed by atoms with E-state index in [1.807, 2.05) is 37.3 Å². The van der Waals surface area contributed by atoms with Crippen molar-refractivity contribution in [2.45, 2.75) is 80.8 Å². The Labute approximate surface area is 275 Å². The van der Waals surface area contributed by atoms with Gasteiger partial charge in [-0.1, -0.05) is 60.2 Å². The molecule has 3 aromatic rings. The molecule has 2 amide bonds. The number of carbonyl (C=O) groups is 3. The quantitative estimate of drug-likeness (QED) is 0.334. The summed E-state index contributed by atoms with van der Waals surface area (Å²) < 4.78 is 40.3. The number of phenolic OH excluding ortho intramolecular Hbond substituents is 1. The van der Waals surface area contributed by atoms with Crippen molar-refractivity contribution in [2.24, 2.45) is 0 Å². The number of sulfone groups is 1. The smallest absolute Gasteiger partial charge is 0.408 e. The lowest BCUT2D eigenvalue weighted by molar-refractivity contribution is -0.176. The summed E-state index contributed by atoms with van der Waals surface area (Å²) in [6, 6.07) is 18.9. The molecule has 4 unspecified atom stereocenters. The summed E-state index contributed by atoms with van der Waals surface area (Å²) in [6.45, 7) is 8.61. The molecule has 2 saturated heterocycles. The van der Waals surface area contributed by atoms with Crippen LogP contribution in [0.5, 0.6) is 5.75 Å². The Kier molecular flexibility index (Phi) is 9.38. The molecule has 0 spiro atoms. The fourth-order valence-corrected chi connectivity index (χ4v) is 8.42. The zero-order valence-corrected chi connectivity index (χ0v) is 28.0. The molecule has 4 atom stereocenters. The van der Waals surface area contributed by atoms with Crippen molar-refractivity contribution in [2.75, 3.05) is 13.2 Å². The van der Waals surface area contributed by atoms with E-state index in [0.717, 1.165) is 11.1 Å². The molecule has 47 heavy (non-hydrogen) atoms. The number of hydrogen-bond acceptors (Lipinski definition) is 9. The topological polar surface area (TPSA) is 143 Å². The number of nitrogens with one attached hydrogen (secondary N) is 1. The van der Waals surface area contributed by atoms with Crippen LogP contribution in [0, 0.1) is 6.92 Å². The molecule has 2 fully saturated rings. The van der Waals surface area contributed by atoms with Crippen molar-refractivity contribution in [3.05, 3.63) is 95.6 Å². The highest BCUT2D eigenvalue weighted by molar-refractivity contribution is 7.92. The molecule has 2 aliphatic heterocycles. The normalized spacial score (nSPS) is 23.2. The number of aryl methyl sites for hydroxylation is 1. The summed E-state index contributed by atoms with van der Waals surface area (Å²) in [6.07, 6.45) is -0.677. The minimum Gasteiger partial charge on any atom is -0.508 e. The fourth-order valence-electron chi connectivity index (χ4n) is 6.38. The average molecular weight is 664 g/mol. The van der Waals surface area contributed by atoms with E-state index < -0.39 is 56.3 Å². The maximum Gasteiger partial charge on any atom is 0.408 e. The summed E-state index contributed by atoms with van der Waals surface area (Å²) in [4.78, 5) is 42.2. The highest BCUT2D eigenvalue weighted by Gasteiger charge is 2.64. The van der Waals surface area contributed by atoms with E-state index >= 15 is 4.79 Å². The standard InChI is InChI=1S/C35H41N3O8S/c1-6-45-31(40)29-30(47(43,44)27-18-12-23(2)13-19-27)28(25-14-16-26(39)17-15-25)37-21-20-35(32(41)38(29)37,22-24-10-8-7-9-11-24)36-33(42)46-34(3,4)5/h7-19,28-30,39H,6,20-22H2,1-5H3,(H,36,42). The van der Waals surface area contributed by atoms with E-state index in [0.29, 0.717) is 5.56 Å². The number of rotatable bonds is 8. The second-order valence-electron chi connectivity index (χ2n) is 13.0. The number of benzene rings is 3. The van der Waals surface area contributed by atoms with Crippen LogP contribution in [0.2, 0.25) is 0 Å². The van der Waals surface area contributed by atoms with Crippen LogP contribution in [0.15, 0.2) is 83.8 Å². The number of carbonyl (C=O) groups excluding carboxylic acids is 3. The Morgan fingerprint density at radius 3 is 2.23 bits per heavy atom. The van der Waals surface area contributed by atoms with Gasteiger partial charge >= 0.3 is 12.1 Å². The maximum absolute atomic E-state index is 15.0. The summed E-state index contributed by atoms with van der Waals surface area (Å²) in [5.41, 5.74) is -0.380. The number of nitrogens with zero attached hydrogens (tertiary/aromatic N) is 2. The Morgan fingerprint density at radius 2 is 1.64 bits per heavy atom. The van der Waals surface area contributed by atoms with Crippen molar-refractivity contribution in [1.82, 2.24) is 15.3 Å². The third kappa shape index (κ3) is 6.84. The second kappa shape index (κ2) is 13.0. The Morgan fingerprint density at radius 1 is 1.00 bits per heavy atom. The van der Waals surface area contributed by atoms with Gasteiger partial charge in [0.1, 0.15) is 22.1 Å². The number of ether oxygens (including phenoxy) is 2. The molecule has 0 radical (unpaired) electrons. The van der Waals surface area contributed by atoms with Crippen LogP contribution in [-0.2, 0) is 35.3 Å². The minimum absolute atomic E-state index is 0.0119. The fraction of sp³-hybridized carbons (Fsp3) is 0.400. The van der Waals surface area contributed by atoms with Crippen LogP contribution >= 0.6 is 0 Å². The van der Waals surface area contributed by atoms with Crippen molar-refractivity contribution < 1.29 is 37.4 Å². The van der Waals surface area contributed by atoms with Gasteiger partial charge in [-0.25, -0.2) is 23.0 Å². The van der Waals surface area contributed by atoms with E-state index in [1.54, 1.807) is 57.0 Å². The predicted molar refractivity (Wildman–Crippen MR) is 174 cm³/mol. The lowest BCUT2D eigenvalue weighted by Gasteiger charge is -2.47. The molecular weight excluding hydrogens is 622 g/mol. The highest BCUT2D eigenvalue weighted by atomic mass is 32.2. The zero-order chi connectivity index (χ0) is 34.1. The van der Waals surface area contributed by atoms with E-state index in [4.69, 9.17) is 9.47 Å². The van der Waals surface area contributed by atoms with Crippen molar-refractivity contribution in [3.63, 3.8) is 0 Å². The molecule has 250 valence electrons. The first-order valence-electron chi connectivity index (χ1n) is 15.6. The number of hydrogen-bond donors (Lipinski definition) is 2. The molecule has 0 bridgehead atoms. The lowest BCUT2D eigenvalue weighted by Crippen LogP contribution is -2.69. The molecular formula is C35H41N3O8S. The molecule has 2 aliphatic rings. The number of hydrazine groups is 1. The lowest BCUT2D eigenvalue weighted by atomic mass is 9.84. The second-order valence-corrected chi connectivity index (χ2v) is 15.1. The Bertz CT molecular complexity index is 1720. The molecule has 11 nitrogen and oxygen atoms in total. The first-order chi connectivity index (χ1) is 22.2. The van der Waals surface area contributed by atoms with E-state index in [9.17, 15) is 23.1 Å². The van der Waals surface area contributed by atoms with E-state index in [1.165, 1.54) is 29.3 Å². The van der Waals surface area contributed by atoms with E-state index in [2.05, 4.69) is 5.32 Å². The summed E-state index contributed by atoms with van der Waals surface area (Å²) in [5, 5.41) is 14.2. The molecule has 3 aromatic carbocycles. The molecule has 5 rings (SSSR count). The van der Waals surface area contributed by atoms with Gasteiger partial charge in [-0.15, -0.1) is 0 Å². The van der Waals surface area contributed by atoms with Crippen LogP contribution in [-0.4, -0.2) is 77.1 Å². The van der Waals surface area contributed by atoms with Crippen molar-refractivity contribution >= 4 is 27.8 Å². The summed E-state index contributed by atoms with van der Waals surface area (Å²) >= 11 is 0. The van der Waals surface area contributed by atoms with Gasteiger partial charge < -0.3 is 19.9 Å². The van der Waals surface area contributed by atoms with Gasteiger partial charge in [-0.3, -0.25) is 9.80 Å². The summed E-state index contributed by atoms with van der Waals surface area (Å²) in [5.74, 6) is -1.58. The number of phenols is 1. The van der Waals surface area contributed by atoms with Crippen molar-refractivity contribution in [3.8, 4) is 5.75 Å². The largest absolute Gasteiger partial charge is 0.508 e. The molecule has 2 N–H and O–H groups in total. The Balaban J connectivity index is 1.69. The van der Waals surface area contributed by atoms with Crippen LogP contribution in [0.4, 0.5) is 4.79 Å². The minimum atomic E-state index is -4.31. The first kappa shape index (κ1) is 33.9. The molecule has 12 heteroatoms. The van der Waals surface area contributed by atoms with E-state index in [-0.39, 0.29) is 36.6 Å². The van der Waals surface area contributed by atoms with Gasteiger partial charge in [-0.05, 0) is 76.4 Å². The molecule has 2 heterocycles. The van der Waals surface area contributed by atoms with Gasteiger partial charge in [0.15, 0.2) is 15.9 Å². The van der Waals surface area contributed by atoms with Gasteiger partial charge in [-0.2, -0.15) is 0 Å². The van der Waals surface area contributed by atoms with Crippen LogP contribution in [0.25, 0.3) is 0 Å². The van der Waals surface area contributed by atoms with Gasteiger partial charge in [0.2, 0.25) is 0 Å². The molecule has 0 aliphatic carbocycles. The highest BCUT2D eigenvalue weighted by Crippen LogP contribution is 2.47. The monoisotopic (exact) mass is 663 g/mol. The number of esters is 1. The molecule has 0 aromatic heterocycles. The van der Waals surface area contributed by atoms with Crippen LogP contribution in [0.3, 0.4) is 0 Å². The third-order valence-electron chi connectivity index (χ3n) is 8.43. The summed E-state index contributed by atoms with van der Waals surface area (Å²) in [7, 11) is -4.31. The average Bonchev–Trinajstić information content (AvgIpc) is 3.36. The predicted octanol–water partition coefficient (Wildman–Crippen LogP) is 4.49. The number of amides is 2. The molecule has 0 saturated carbocycles. The van der Waals surface area contributed by atoms with Crippen LogP contribution < -0.4 is 5.32 Å². The van der Waals surface area contributed by atoms with Crippen LogP contribution in [0.1, 0.15) is 56.8 Å². The maximum atomic E-state index is 15.0. The van der Waals surface area contributed by atoms with Gasteiger partial charge in [0, 0.05) is 13.0 Å².